The highest BCUT2D eigenvalue weighted by atomic mass is 32.1. The molecule has 5 nitrogen and oxygen atoms in total. The molecule has 106 valence electrons. The minimum absolute atomic E-state index is 0.380. The third-order valence-electron chi connectivity index (χ3n) is 2.66. The smallest absolute Gasteiger partial charge is 0.321 e. The zero-order valence-electron chi connectivity index (χ0n) is 11.0. The van der Waals surface area contributed by atoms with Gasteiger partial charge in [0.2, 0.25) is 0 Å². The Labute approximate surface area is 119 Å². The maximum absolute atomic E-state index is 13.3. The van der Waals surface area contributed by atoms with E-state index < -0.39 is 12.1 Å². The number of carbonyl (C=O) groups is 1. The van der Waals surface area contributed by atoms with Crippen molar-refractivity contribution in [3.8, 4) is 5.75 Å². The van der Waals surface area contributed by atoms with Crippen LogP contribution < -0.4 is 15.4 Å². The number of amides is 2. The molecule has 0 aliphatic carbocycles. The quantitative estimate of drug-likeness (QED) is 0.910. The van der Waals surface area contributed by atoms with Crippen LogP contribution >= 0.6 is 11.3 Å². The molecule has 0 saturated carbocycles. The fraction of sp³-hybridized carbons (Fsp3) is 0.231. The minimum atomic E-state index is -0.404. The molecule has 1 atom stereocenters. The Kier molecular flexibility index (Phi) is 4.52. The lowest BCUT2D eigenvalue weighted by atomic mass is 10.1. The van der Waals surface area contributed by atoms with E-state index in [9.17, 15) is 9.18 Å². The molecule has 1 unspecified atom stereocenters. The second-order valence-electron chi connectivity index (χ2n) is 4.04. The highest BCUT2D eigenvalue weighted by Crippen LogP contribution is 2.25. The van der Waals surface area contributed by atoms with E-state index in [0.29, 0.717) is 16.4 Å². The van der Waals surface area contributed by atoms with Gasteiger partial charge in [0, 0.05) is 17.1 Å². The standard InChI is InChI=1S/C13H14FN3O2S/c1-8(10-7-9(14)3-4-11(10)19-2)16-12(18)17-13-15-5-6-20-13/h3-8H,1-2H3,(H2,15,16,17,18). The van der Waals surface area contributed by atoms with E-state index in [1.54, 1.807) is 18.5 Å². The summed E-state index contributed by atoms with van der Waals surface area (Å²) in [6.07, 6.45) is 1.60. The van der Waals surface area contributed by atoms with Gasteiger partial charge in [-0.1, -0.05) is 0 Å². The lowest BCUT2D eigenvalue weighted by Crippen LogP contribution is -2.31. The van der Waals surface area contributed by atoms with Crippen LogP contribution in [0.3, 0.4) is 0 Å². The highest BCUT2D eigenvalue weighted by molar-refractivity contribution is 7.13. The lowest BCUT2D eigenvalue weighted by Gasteiger charge is -2.17. The summed E-state index contributed by atoms with van der Waals surface area (Å²) in [6.45, 7) is 1.75. The number of halogens is 1. The van der Waals surface area contributed by atoms with Gasteiger partial charge in [-0.3, -0.25) is 5.32 Å². The van der Waals surface area contributed by atoms with Crippen LogP contribution in [0.5, 0.6) is 5.75 Å². The molecule has 1 heterocycles. The number of methoxy groups -OCH3 is 1. The van der Waals surface area contributed by atoms with Gasteiger partial charge in [0.25, 0.3) is 0 Å². The number of nitrogens with zero attached hydrogens (tertiary/aromatic N) is 1. The topological polar surface area (TPSA) is 63.2 Å². The Morgan fingerprint density at radius 1 is 1.50 bits per heavy atom. The summed E-state index contributed by atoms with van der Waals surface area (Å²) in [5.74, 6) is 0.142. The summed E-state index contributed by atoms with van der Waals surface area (Å²) >= 11 is 1.32. The third-order valence-corrected chi connectivity index (χ3v) is 3.35. The van der Waals surface area contributed by atoms with Crippen molar-refractivity contribution in [3.05, 3.63) is 41.2 Å². The van der Waals surface area contributed by atoms with Crippen molar-refractivity contribution in [2.24, 2.45) is 0 Å². The van der Waals surface area contributed by atoms with E-state index in [1.165, 1.54) is 36.6 Å². The summed E-state index contributed by atoms with van der Waals surface area (Å²) in [5.41, 5.74) is 0.571. The van der Waals surface area contributed by atoms with Gasteiger partial charge in [0.05, 0.1) is 13.2 Å². The largest absolute Gasteiger partial charge is 0.496 e. The average Bonchev–Trinajstić information content (AvgIpc) is 2.91. The first-order valence-corrected chi connectivity index (χ1v) is 6.78. The van der Waals surface area contributed by atoms with Crippen LogP contribution in [0.1, 0.15) is 18.5 Å². The second kappa shape index (κ2) is 6.33. The molecule has 1 aromatic carbocycles. The Morgan fingerprint density at radius 2 is 2.30 bits per heavy atom. The number of benzene rings is 1. The molecule has 2 aromatic rings. The van der Waals surface area contributed by atoms with Crippen LogP contribution in [0, 0.1) is 5.82 Å². The van der Waals surface area contributed by atoms with Crippen LogP contribution in [0.25, 0.3) is 0 Å². The fourth-order valence-corrected chi connectivity index (χ4v) is 2.26. The van der Waals surface area contributed by atoms with Crippen molar-refractivity contribution in [2.75, 3.05) is 12.4 Å². The molecule has 0 radical (unpaired) electrons. The molecule has 1 aromatic heterocycles. The van der Waals surface area contributed by atoms with E-state index in [-0.39, 0.29) is 5.82 Å². The number of rotatable bonds is 4. The van der Waals surface area contributed by atoms with Crippen molar-refractivity contribution in [3.63, 3.8) is 0 Å². The van der Waals surface area contributed by atoms with Crippen LogP contribution in [0.15, 0.2) is 29.8 Å². The van der Waals surface area contributed by atoms with Crippen LogP contribution in [0.4, 0.5) is 14.3 Å². The first kappa shape index (κ1) is 14.3. The molecule has 0 spiro atoms. The molecule has 2 N–H and O–H groups in total. The summed E-state index contributed by atoms with van der Waals surface area (Å²) in [5, 5.41) is 7.56. The van der Waals surface area contributed by atoms with Gasteiger partial charge in [-0.2, -0.15) is 0 Å². The van der Waals surface area contributed by atoms with E-state index >= 15 is 0 Å². The van der Waals surface area contributed by atoms with Gasteiger partial charge in [-0.25, -0.2) is 14.2 Å². The zero-order chi connectivity index (χ0) is 14.5. The SMILES string of the molecule is COc1ccc(F)cc1C(C)NC(=O)Nc1nccs1. The Bertz CT molecular complexity index is 589. The predicted molar refractivity (Wildman–Crippen MR) is 75.6 cm³/mol. The maximum atomic E-state index is 13.3. The number of anilines is 1. The van der Waals surface area contributed by atoms with Crippen LogP contribution in [0.2, 0.25) is 0 Å². The molecule has 2 rings (SSSR count). The highest BCUT2D eigenvalue weighted by Gasteiger charge is 2.15. The Hall–Kier alpha value is -2.15. The molecule has 7 heteroatoms. The first-order chi connectivity index (χ1) is 9.60. The number of ether oxygens (including phenoxy) is 1. The number of thiazole rings is 1. The number of urea groups is 1. The summed E-state index contributed by atoms with van der Waals surface area (Å²) in [4.78, 5) is 15.7. The van der Waals surface area contributed by atoms with Crippen molar-refractivity contribution < 1.29 is 13.9 Å². The summed E-state index contributed by atoms with van der Waals surface area (Å²) in [6, 6.07) is 3.37. The molecule has 0 saturated heterocycles. The normalized spacial score (nSPS) is 11.8. The molecule has 2 amide bonds. The van der Waals surface area contributed by atoms with Gasteiger partial charge >= 0.3 is 6.03 Å². The van der Waals surface area contributed by atoms with Crippen molar-refractivity contribution in [1.82, 2.24) is 10.3 Å². The Morgan fingerprint density at radius 3 is 2.95 bits per heavy atom. The number of hydrogen-bond acceptors (Lipinski definition) is 4. The molecular formula is C13H14FN3O2S. The average molecular weight is 295 g/mol. The molecule has 0 fully saturated rings. The summed E-state index contributed by atoms with van der Waals surface area (Å²) in [7, 11) is 1.50. The predicted octanol–water partition coefficient (Wildman–Crippen LogP) is 3.17. The van der Waals surface area contributed by atoms with E-state index in [4.69, 9.17) is 4.74 Å². The maximum Gasteiger partial charge on any atom is 0.321 e. The van der Waals surface area contributed by atoms with Gasteiger partial charge in [-0.15, -0.1) is 11.3 Å². The fourth-order valence-electron chi connectivity index (χ4n) is 1.74. The van der Waals surface area contributed by atoms with E-state index in [1.807, 2.05) is 0 Å². The van der Waals surface area contributed by atoms with Crippen molar-refractivity contribution in [2.45, 2.75) is 13.0 Å². The number of hydrogen-bond donors (Lipinski definition) is 2. The van der Waals surface area contributed by atoms with E-state index in [0.717, 1.165) is 0 Å². The van der Waals surface area contributed by atoms with Gasteiger partial charge in [0.1, 0.15) is 11.6 Å². The number of nitrogens with one attached hydrogen (secondary N) is 2. The number of carbonyl (C=O) groups excluding carboxylic acids is 1. The molecule has 0 aliphatic heterocycles. The zero-order valence-corrected chi connectivity index (χ0v) is 11.8. The Balaban J connectivity index is 2.06. The van der Waals surface area contributed by atoms with Crippen molar-refractivity contribution >= 4 is 22.5 Å². The molecule has 20 heavy (non-hydrogen) atoms. The first-order valence-electron chi connectivity index (χ1n) is 5.90. The van der Waals surface area contributed by atoms with E-state index in [2.05, 4.69) is 15.6 Å². The van der Waals surface area contributed by atoms with Crippen LogP contribution in [-0.4, -0.2) is 18.1 Å². The molecular weight excluding hydrogens is 281 g/mol. The van der Waals surface area contributed by atoms with Gasteiger partial charge in [0.15, 0.2) is 5.13 Å². The lowest BCUT2D eigenvalue weighted by molar-refractivity contribution is 0.249. The van der Waals surface area contributed by atoms with Crippen molar-refractivity contribution in [1.29, 1.82) is 0 Å². The summed E-state index contributed by atoms with van der Waals surface area (Å²) < 4.78 is 18.5. The molecule has 0 aliphatic rings. The monoisotopic (exact) mass is 295 g/mol. The minimum Gasteiger partial charge on any atom is -0.496 e. The van der Waals surface area contributed by atoms with Gasteiger partial charge < -0.3 is 10.1 Å². The van der Waals surface area contributed by atoms with Crippen LogP contribution in [-0.2, 0) is 0 Å². The van der Waals surface area contributed by atoms with Gasteiger partial charge in [-0.05, 0) is 25.1 Å². The number of aromatic nitrogens is 1. The molecule has 0 bridgehead atoms. The third kappa shape index (κ3) is 3.45. The second-order valence-corrected chi connectivity index (χ2v) is 4.94.